The van der Waals surface area contributed by atoms with E-state index in [1.807, 2.05) is 44.2 Å². The lowest BCUT2D eigenvalue weighted by molar-refractivity contribution is -0.140. The molecular weight excluding hydrogens is 616 g/mol. The second-order valence-electron chi connectivity index (χ2n) is 9.52. The first kappa shape index (κ1) is 32.0. The summed E-state index contributed by atoms with van der Waals surface area (Å²) in [7, 11) is -3.97. The molecule has 40 heavy (non-hydrogen) atoms. The van der Waals surface area contributed by atoms with Crippen molar-refractivity contribution in [2.45, 2.75) is 38.9 Å². The quantitative estimate of drug-likeness (QED) is 0.268. The summed E-state index contributed by atoms with van der Waals surface area (Å²) in [5, 5.41) is 3.99. The summed E-state index contributed by atoms with van der Waals surface area (Å²) in [6.07, 6.45) is 1.15. The molecule has 0 fully saturated rings. The Labute approximate surface area is 255 Å². The van der Waals surface area contributed by atoms with E-state index >= 15 is 0 Å². The Hall–Kier alpha value is -2.49. The zero-order valence-electron chi connectivity index (χ0n) is 22.1. The van der Waals surface area contributed by atoms with Gasteiger partial charge in [0, 0.05) is 39.1 Å². The Bertz CT molecular complexity index is 1450. The average molecular weight is 645 g/mol. The molecule has 0 heterocycles. The van der Waals surface area contributed by atoms with E-state index in [2.05, 4.69) is 5.32 Å². The summed E-state index contributed by atoms with van der Waals surface area (Å²) < 4.78 is 26.6. The van der Waals surface area contributed by atoms with Gasteiger partial charge in [0.1, 0.15) is 12.6 Å². The van der Waals surface area contributed by atoms with Gasteiger partial charge in [0.05, 0.1) is 11.9 Å². The maximum Gasteiger partial charge on any atom is 0.244 e. The SMILES string of the molecule is CC(C)NC(=O)[C@@H](Cc1ccccc1)N(Cc1ccc(Cl)cc1Cl)C(=O)CN(c1cc(Cl)cc(Cl)c1)S(C)(=O)=O. The Morgan fingerprint density at radius 3 is 2.05 bits per heavy atom. The highest BCUT2D eigenvalue weighted by Crippen LogP contribution is 2.28. The van der Waals surface area contributed by atoms with Gasteiger partial charge in [0.15, 0.2) is 0 Å². The average Bonchev–Trinajstić information content (AvgIpc) is 2.84. The van der Waals surface area contributed by atoms with E-state index in [1.54, 1.807) is 12.1 Å². The minimum Gasteiger partial charge on any atom is -0.352 e. The van der Waals surface area contributed by atoms with Gasteiger partial charge < -0.3 is 10.2 Å². The van der Waals surface area contributed by atoms with Crippen LogP contribution in [0.3, 0.4) is 0 Å². The van der Waals surface area contributed by atoms with Crippen molar-refractivity contribution in [3.05, 3.63) is 97.9 Å². The number of hydrogen-bond donors (Lipinski definition) is 1. The summed E-state index contributed by atoms with van der Waals surface area (Å²) >= 11 is 24.8. The number of nitrogens with one attached hydrogen (secondary N) is 1. The third kappa shape index (κ3) is 9.01. The molecule has 0 spiro atoms. The number of nitrogens with zero attached hydrogens (tertiary/aromatic N) is 2. The second kappa shape index (κ2) is 13.9. The molecule has 0 unspecified atom stereocenters. The monoisotopic (exact) mass is 643 g/mol. The molecule has 0 bridgehead atoms. The maximum absolute atomic E-state index is 14.1. The Balaban J connectivity index is 2.10. The molecule has 2 amide bonds. The highest BCUT2D eigenvalue weighted by Gasteiger charge is 2.33. The minimum absolute atomic E-state index is 0.0776. The number of sulfonamides is 1. The van der Waals surface area contributed by atoms with E-state index in [1.165, 1.54) is 29.2 Å². The first-order valence-electron chi connectivity index (χ1n) is 12.3. The van der Waals surface area contributed by atoms with E-state index in [0.29, 0.717) is 15.6 Å². The fourth-order valence-corrected chi connectivity index (χ4v) is 5.88. The molecule has 3 aromatic rings. The standard InChI is InChI=1S/C28H29Cl4N3O4S/c1-18(2)33-28(37)26(11-19-7-5-4-6-8-19)34(16-20-9-10-21(29)15-25(20)32)27(36)17-35(40(3,38)39)24-13-22(30)12-23(31)14-24/h4-10,12-15,18,26H,11,16-17H2,1-3H3,(H,33,37)/t26-/m1/s1. The number of carbonyl (C=O) groups is 2. The van der Waals surface area contributed by atoms with Gasteiger partial charge in [-0.2, -0.15) is 0 Å². The molecule has 3 rings (SSSR count). The smallest absolute Gasteiger partial charge is 0.244 e. The predicted octanol–water partition coefficient (Wildman–Crippen LogP) is 6.23. The van der Waals surface area contributed by atoms with E-state index in [0.717, 1.165) is 16.1 Å². The molecule has 7 nitrogen and oxygen atoms in total. The number of rotatable bonds is 11. The molecular formula is C28H29Cl4N3O4S. The number of benzene rings is 3. The third-order valence-corrected chi connectivity index (χ3v) is 8.04. The fourth-order valence-electron chi connectivity index (χ4n) is 4.07. The van der Waals surface area contributed by atoms with Crippen LogP contribution < -0.4 is 9.62 Å². The molecule has 1 N–H and O–H groups in total. The number of anilines is 1. The normalized spacial score (nSPS) is 12.2. The molecule has 0 radical (unpaired) electrons. The summed E-state index contributed by atoms with van der Waals surface area (Å²) in [5.41, 5.74) is 1.46. The molecule has 1 atom stereocenters. The lowest BCUT2D eigenvalue weighted by Gasteiger charge is -2.34. The highest BCUT2D eigenvalue weighted by molar-refractivity contribution is 7.92. The lowest BCUT2D eigenvalue weighted by Crippen LogP contribution is -2.54. The molecule has 3 aromatic carbocycles. The van der Waals surface area contributed by atoms with Gasteiger partial charge in [-0.3, -0.25) is 13.9 Å². The van der Waals surface area contributed by atoms with Gasteiger partial charge in [-0.1, -0.05) is 82.8 Å². The van der Waals surface area contributed by atoms with Crippen LogP contribution >= 0.6 is 46.4 Å². The molecule has 0 saturated carbocycles. The van der Waals surface area contributed by atoms with E-state index in [9.17, 15) is 18.0 Å². The van der Waals surface area contributed by atoms with Gasteiger partial charge in [-0.25, -0.2) is 8.42 Å². The van der Waals surface area contributed by atoms with E-state index in [4.69, 9.17) is 46.4 Å². The highest BCUT2D eigenvalue weighted by atomic mass is 35.5. The molecule has 0 aliphatic carbocycles. The topological polar surface area (TPSA) is 86.8 Å². The van der Waals surface area contributed by atoms with Crippen LogP contribution in [0.2, 0.25) is 20.1 Å². The molecule has 214 valence electrons. The second-order valence-corrected chi connectivity index (χ2v) is 13.1. The van der Waals surface area contributed by atoms with Crippen LogP contribution in [0, 0.1) is 0 Å². The van der Waals surface area contributed by atoms with E-state index in [-0.39, 0.29) is 34.7 Å². The predicted molar refractivity (Wildman–Crippen MR) is 163 cm³/mol. The van der Waals surface area contributed by atoms with Crippen molar-refractivity contribution < 1.29 is 18.0 Å². The zero-order chi connectivity index (χ0) is 29.6. The van der Waals surface area contributed by atoms with Crippen LogP contribution in [0.1, 0.15) is 25.0 Å². The first-order valence-corrected chi connectivity index (χ1v) is 15.6. The van der Waals surface area contributed by atoms with Crippen LogP contribution in [-0.2, 0) is 32.6 Å². The van der Waals surface area contributed by atoms with Crippen LogP contribution in [0.5, 0.6) is 0 Å². The lowest BCUT2D eigenvalue weighted by atomic mass is 10.0. The van der Waals surface area contributed by atoms with Gasteiger partial charge in [0.25, 0.3) is 0 Å². The van der Waals surface area contributed by atoms with Crippen molar-refractivity contribution in [3.8, 4) is 0 Å². The van der Waals surface area contributed by atoms with Crippen LogP contribution in [-0.4, -0.2) is 50.0 Å². The van der Waals surface area contributed by atoms with Gasteiger partial charge in [-0.05, 0) is 55.3 Å². The summed E-state index contributed by atoms with van der Waals surface area (Å²) in [4.78, 5) is 28.9. The summed E-state index contributed by atoms with van der Waals surface area (Å²) in [6, 6.07) is 17.1. The zero-order valence-corrected chi connectivity index (χ0v) is 25.9. The van der Waals surface area contributed by atoms with Crippen molar-refractivity contribution in [2.24, 2.45) is 0 Å². The van der Waals surface area contributed by atoms with Crippen LogP contribution in [0.15, 0.2) is 66.7 Å². The van der Waals surface area contributed by atoms with Crippen molar-refractivity contribution in [1.29, 1.82) is 0 Å². The maximum atomic E-state index is 14.1. The van der Waals surface area contributed by atoms with Crippen molar-refractivity contribution >= 4 is 73.9 Å². The number of halogens is 4. The van der Waals surface area contributed by atoms with Gasteiger partial charge in [-0.15, -0.1) is 0 Å². The number of hydrogen-bond acceptors (Lipinski definition) is 4. The molecule has 12 heteroatoms. The van der Waals surface area contributed by atoms with Crippen LogP contribution in [0.4, 0.5) is 5.69 Å². The molecule has 0 aliphatic heterocycles. The largest absolute Gasteiger partial charge is 0.352 e. The molecule has 0 aromatic heterocycles. The van der Waals surface area contributed by atoms with E-state index < -0.39 is 34.4 Å². The Morgan fingerprint density at radius 1 is 0.875 bits per heavy atom. The van der Waals surface area contributed by atoms with Gasteiger partial charge >= 0.3 is 0 Å². The number of amides is 2. The van der Waals surface area contributed by atoms with Crippen LogP contribution in [0.25, 0.3) is 0 Å². The Morgan fingerprint density at radius 2 is 1.50 bits per heavy atom. The third-order valence-electron chi connectivity index (χ3n) is 5.87. The van der Waals surface area contributed by atoms with Crippen molar-refractivity contribution in [1.82, 2.24) is 10.2 Å². The summed E-state index contributed by atoms with van der Waals surface area (Å²) in [6.45, 7) is 2.94. The number of carbonyl (C=O) groups excluding carboxylic acids is 2. The van der Waals surface area contributed by atoms with Crippen molar-refractivity contribution in [3.63, 3.8) is 0 Å². The van der Waals surface area contributed by atoms with Gasteiger partial charge in [0.2, 0.25) is 21.8 Å². The fraction of sp³-hybridized carbons (Fsp3) is 0.286. The minimum atomic E-state index is -3.97. The Kier molecular flexibility index (Phi) is 11.1. The molecule has 0 saturated heterocycles. The van der Waals surface area contributed by atoms with Crippen molar-refractivity contribution in [2.75, 3.05) is 17.1 Å². The summed E-state index contributed by atoms with van der Waals surface area (Å²) in [5.74, 6) is -1.03. The molecule has 0 aliphatic rings. The first-order chi connectivity index (χ1) is 18.7.